The normalized spacial score (nSPS) is 17.1. The molecule has 1 saturated heterocycles. The summed E-state index contributed by atoms with van der Waals surface area (Å²) in [6, 6.07) is 0. The molecule has 1 unspecified atom stereocenters. The molecule has 1 aromatic rings. The van der Waals surface area contributed by atoms with Gasteiger partial charge in [0.15, 0.2) is 5.82 Å². The van der Waals surface area contributed by atoms with E-state index >= 15 is 0 Å². The summed E-state index contributed by atoms with van der Waals surface area (Å²) in [6.07, 6.45) is 0.777. The van der Waals surface area contributed by atoms with Gasteiger partial charge in [-0.1, -0.05) is 13.8 Å². The van der Waals surface area contributed by atoms with Crippen LogP contribution in [0, 0.1) is 12.8 Å². The first-order valence-electron chi connectivity index (χ1n) is 8.15. The molecule has 8 heteroatoms. The van der Waals surface area contributed by atoms with Gasteiger partial charge < -0.3 is 10.2 Å². The third-order valence-electron chi connectivity index (χ3n) is 4.21. The van der Waals surface area contributed by atoms with Crippen molar-refractivity contribution in [2.45, 2.75) is 33.7 Å². The molecule has 8 nitrogen and oxygen atoms in total. The molecule has 2 heterocycles. The molecule has 1 aliphatic rings. The number of H-pyrrole nitrogens is 1. The highest BCUT2D eigenvalue weighted by atomic mass is 16.2. The summed E-state index contributed by atoms with van der Waals surface area (Å²) in [5, 5.41) is 9.68. The van der Waals surface area contributed by atoms with Crippen LogP contribution < -0.4 is 5.32 Å². The molecule has 2 rings (SSSR count). The van der Waals surface area contributed by atoms with Gasteiger partial charge in [0.25, 0.3) is 0 Å². The van der Waals surface area contributed by atoms with Gasteiger partial charge in [0, 0.05) is 32.1 Å². The van der Waals surface area contributed by atoms with E-state index in [2.05, 4.69) is 25.4 Å². The molecule has 0 aromatic carbocycles. The summed E-state index contributed by atoms with van der Waals surface area (Å²) >= 11 is 0. The lowest BCUT2D eigenvalue weighted by Gasteiger charge is -2.34. The Morgan fingerprint density at radius 2 is 2.00 bits per heavy atom. The third-order valence-corrected chi connectivity index (χ3v) is 4.21. The van der Waals surface area contributed by atoms with Crippen LogP contribution in [-0.2, 0) is 16.1 Å². The standard InChI is InChI=1S/C15H26N6O2/c1-4-11(2)15(23)16-9-14(22)21-7-5-20(6-8-21)10-13-17-12(3)18-19-13/h11H,4-10H2,1-3H3,(H,16,23)(H,17,18,19). The van der Waals surface area contributed by atoms with E-state index in [0.29, 0.717) is 19.6 Å². The number of hydrogen-bond donors (Lipinski definition) is 2. The van der Waals surface area contributed by atoms with Crippen LogP contribution in [0.2, 0.25) is 0 Å². The maximum Gasteiger partial charge on any atom is 0.242 e. The number of nitrogens with zero attached hydrogens (tertiary/aromatic N) is 4. The Balaban J connectivity index is 1.71. The van der Waals surface area contributed by atoms with Gasteiger partial charge in [0.1, 0.15) is 5.82 Å². The Morgan fingerprint density at radius 1 is 1.30 bits per heavy atom. The van der Waals surface area contributed by atoms with Crippen molar-refractivity contribution < 1.29 is 9.59 Å². The van der Waals surface area contributed by atoms with Crippen LogP contribution in [0.25, 0.3) is 0 Å². The van der Waals surface area contributed by atoms with Gasteiger partial charge in [-0.15, -0.1) is 0 Å². The van der Waals surface area contributed by atoms with Crippen LogP contribution >= 0.6 is 0 Å². The van der Waals surface area contributed by atoms with E-state index in [0.717, 1.165) is 31.2 Å². The minimum absolute atomic E-state index is 0.0185. The van der Waals surface area contributed by atoms with Gasteiger partial charge in [0.05, 0.1) is 13.1 Å². The number of rotatable bonds is 6. The van der Waals surface area contributed by atoms with Gasteiger partial charge in [-0.25, -0.2) is 4.98 Å². The van der Waals surface area contributed by atoms with E-state index in [1.165, 1.54) is 0 Å². The van der Waals surface area contributed by atoms with Crippen molar-refractivity contribution >= 4 is 11.8 Å². The molecule has 0 aliphatic carbocycles. The molecule has 0 spiro atoms. The molecule has 0 bridgehead atoms. The summed E-state index contributed by atoms with van der Waals surface area (Å²) in [5.74, 6) is 1.47. The van der Waals surface area contributed by atoms with E-state index in [-0.39, 0.29) is 24.3 Å². The van der Waals surface area contributed by atoms with Crippen molar-refractivity contribution in [3.05, 3.63) is 11.6 Å². The maximum absolute atomic E-state index is 12.1. The Morgan fingerprint density at radius 3 is 2.57 bits per heavy atom. The number of piperazine rings is 1. The topological polar surface area (TPSA) is 94.2 Å². The average Bonchev–Trinajstić information content (AvgIpc) is 2.97. The maximum atomic E-state index is 12.1. The van der Waals surface area contributed by atoms with Crippen LogP contribution in [0.15, 0.2) is 0 Å². The van der Waals surface area contributed by atoms with E-state index < -0.39 is 0 Å². The van der Waals surface area contributed by atoms with E-state index in [1.807, 2.05) is 20.8 Å². The van der Waals surface area contributed by atoms with Gasteiger partial charge in [-0.3, -0.25) is 19.6 Å². The lowest BCUT2D eigenvalue weighted by atomic mass is 10.1. The second-order valence-electron chi connectivity index (χ2n) is 6.02. The number of aromatic amines is 1. The van der Waals surface area contributed by atoms with Crippen molar-refractivity contribution in [3.8, 4) is 0 Å². The fourth-order valence-electron chi connectivity index (χ4n) is 2.45. The molecule has 1 fully saturated rings. The minimum Gasteiger partial charge on any atom is -0.347 e. The number of hydrogen-bond acceptors (Lipinski definition) is 5. The van der Waals surface area contributed by atoms with E-state index in [1.54, 1.807) is 4.90 Å². The van der Waals surface area contributed by atoms with Crippen LogP contribution in [0.5, 0.6) is 0 Å². The Labute approximate surface area is 136 Å². The van der Waals surface area contributed by atoms with Crippen molar-refractivity contribution in [2.75, 3.05) is 32.7 Å². The Hall–Kier alpha value is -1.96. The Kier molecular flexibility index (Phi) is 6.09. The van der Waals surface area contributed by atoms with Crippen molar-refractivity contribution in [1.29, 1.82) is 0 Å². The minimum atomic E-state index is -0.0561. The largest absolute Gasteiger partial charge is 0.347 e. The lowest BCUT2D eigenvalue weighted by Crippen LogP contribution is -2.51. The second kappa shape index (κ2) is 8.05. The summed E-state index contributed by atoms with van der Waals surface area (Å²) in [5.41, 5.74) is 0. The molecule has 1 aliphatic heterocycles. The summed E-state index contributed by atoms with van der Waals surface area (Å²) < 4.78 is 0. The summed E-state index contributed by atoms with van der Waals surface area (Å²) in [7, 11) is 0. The lowest BCUT2D eigenvalue weighted by molar-refractivity contribution is -0.135. The molecule has 2 N–H and O–H groups in total. The highest BCUT2D eigenvalue weighted by Crippen LogP contribution is 2.06. The molecular formula is C15H26N6O2. The van der Waals surface area contributed by atoms with Crippen LogP contribution in [0.3, 0.4) is 0 Å². The number of aromatic nitrogens is 3. The summed E-state index contributed by atoms with van der Waals surface area (Å²) in [6.45, 7) is 9.39. The highest BCUT2D eigenvalue weighted by Gasteiger charge is 2.22. The van der Waals surface area contributed by atoms with Crippen molar-refractivity contribution in [3.63, 3.8) is 0 Å². The van der Waals surface area contributed by atoms with Crippen LogP contribution in [-0.4, -0.2) is 69.5 Å². The molecular weight excluding hydrogens is 296 g/mol. The molecule has 0 radical (unpaired) electrons. The number of nitrogens with one attached hydrogen (secondary N) is 2. The van der Waals surface area contributed by atoms with Crippen molar-refractivity contribution in [2.24, 2.45) is 5.92 Å². The fraction of sp³-hybridized carbons (Fsp3) is 0.733. The van der Waals surface area contributed by atoms with Crippen molar-refractivity contribution in [1.82, 2.24) is 30.3 Å². The number of amides is 2. The van der Waals surface area contributed by atoms with Crippen LogP contribution in [0.4, 0.5) is 0 Å². The second-order valence-corrected chi connectivity index (χ2v) is 6.02. The number of carbonyl (C=O) groups excluding carboxylic acids is 2. The zero-order chi connectivity index (χ0) is 16.8. The molecule has 2 amide bonds. The molecule has 1 aromatic heterocycles. The summed E-state index contributed by atoms with van der Waals surface area (Å²) in [4.78, 5) is 32.2. The van der Waals surface area contributed by atoms with E-state index in [9.17, 15) is 9.59 Å². The average molecular weight is 322 g/mol. The first kappa shape index (κ1) is 17.4. The van der Waals surface area contributed by atoms with Gasteiger partial charge >= 0.3 is 0 Å². The zero-order valence-corrected chi connectivity index (χ0v) is 14.1. The first-order valence-corrected chi connectivity index (χ1v) is 8.15. The number of aryl methyl sites for hydroxylation is 1. The quantitative estimate of drug-likeness (QED) is 0.764. The first-order chi connectivity index (χ1) is 11.0. The number of carbonyl (C=O) groups is 2. The smallest absolute Gasteiger partial charge is 0.242 e. The Bertz CT molecular complexity index is 536. The molecule has 0 saturated carbocycles. The SMILES string of the molecule is CCC(C)C(=O)NCC(=O)N1CCN(Cc2n[nH]c(C)n2)CC1. The van der Waals surface area contributed by atoms with Gasteiger partial charge in [-0.2, -0.15) is 5.10 Å². The highest BCUT2D eigenvalue weighted by molar-refractivity contribution is 5.85. The molecule has 128 valence electrons. The molecule has 23 heavy (non-hydrogen) atoms. The monoisotopic (exact) mass is 322 g/mol. The van der Waals surface area contributed by atoms with Crippen LogP contribution in [0.1, 0.15) is 31.9 Å². The predicted molar refractivity (Wildman–Crippen MR) is 85.4 cm³/mol. The van der Waals surface area contributed by atoms with Gasteiger partial charge in [0.2, 0.25) is 11.8 Å². The fourth-order valence-corrected chi connectivity index (χ4v) is 2.45. The van der Waals surface area contributed by atoms with E-state index in [4.69, 9.17) is 0 Å². The van der Waals surface area contributed by atoms with Gasteiger partial charge in [-0.05, 0) is 13.3 Å². The predicted octanol–water partition coefficient (Wildman–Crippen LogP) is -0.0804. The molecule has 1 atom stereocenters. The third kappa shape index (κ3) is 5.02. The zero-order valence-electron chi connectivity index (χ0n) is 14.1.